The number of nitrogens with one attached hydrogen (secondary N) is 2. The lowest BCUT2D eigenvalue weighted by Crippen LogP contribution is -2.43. The van der Waals surface area contributed by atoms with E-state index in [1.807, 2.05) is 7.05 Å². The average molecular weight is 404 g/mol. The fraction of sp³-hybridized carbons (Fsp3) is 0.696. The van der Waals surface area contributed by atoms with E-state index in [2.05, 4.69) is 60.9 Å². The van der Waals surface area contributed by atoms with Gasteiger partial charge in [0.25, 0.3) is 0 Å². The van der Waals surface area contributed by atoms with Gasteiger partial charge in [0.2, 0.25) is 5.96 Å². The van der Waals surface area contributed by atoms with E-state index in [1.54, 1.807) is 14.0 Å². The van der Waals surface area contributed by atoms with Crippen LogP contribution >= 0.6 is 0 Å². The Hall–Kier alpha value is -2.11. The zero-order valence-corrected chi connectivity index (χ0v) is 19.5. The summed E-state index contributed by atoms with van der Waals surface area (Å²) in [5.74, 6) is 3.10. The van der Waals surface area contributed by atoms with E-state index in [0.717, 1.165) is 30.1 Å². The molecular formula is C23H41N5O. The molecule has 0 heterocycles. The molecule has 0 bridgehead atoms. The molecule has 0 aromatic carbocycles. The molecule has 0 aromatic heterocycles. The summed E-state index contributed by atoms with van der Waals surface area (Å²) >= 11 is 0. The number of rotatable bonds is 9. The molecular weight excluding hydrogens is 362 g/mol. The number of carbonyl (C=O) groups is 1. The lowest BCUT2D eigenvalue weighted by molar-refractivity contribution is -0.117. The second kappa shape index (κ2) is 12.5. The Morgan fingerprint density at radius 3 is 2.31 bits per heavy atom. The van der Waals surface area contributed by atoms with E-state index in [-0.39, 0.29) is 11.7 Å². The van der Waals surface area contributed by atoms with Crippen LogP contribution in [0.1, 0.15) is 66.7 Å². The van der Waals surface area contributed by atoms with Crippen molar-refractivity contribution in [3.05, 3.63) is 24.0 Å². The van der Waals surface area contributed by atoms with E-state index >= 15 is 0 Å². The summed E-state index contributed by atoms with van der Waals surface area (Å²) in [5.41, 5.74) is 0.974. The summed E-state index contributed by atoms with van der Waals surface area (Å²) in [6.07, 6.45) is 7.31. The molecule has 1 fully saturated rings. The molecule has 0 aliphatic heterocycles. The van der Waals surface area contributed by atoms with Gasteiger partial charge in [-0.05, 0) is 43.3 Å². The van der Waals surface area contributed by atoms with E-state index in [9.17, 15) is 4.79 Å². The molecule has 1 aliphatic rings. The van der Waals surface area contributed by atoms with Crippen molar-refractivity contribution in [2.45, 2.75) is 72.8 Å². The first kappa shape index (κ1) is 24.9. The first-order chi connectivity index (χ1) is 13.7. The van der Waals surface area contributed by atoms with Crippen LogP contribution in [0, 0.1) is 11.8 Å². The van der Waals surface area contributed by atoms with Gasteiger partial charge < -0.3 is 15.5 Å². The third-order valence-corrected chi connectivity index (χ3v) is 5.17. The van der Waals surface area contributed by atoms with E-state index in [1.165, 1.54) is 12.8 Å². The minimum Gasteiger partial charge on any atom is -0.375 e. The van der Waals surface area contributed by atoms with Crippen LogP contribution in [-0.2, 0) is 4.79 Å². The number of nitrogens with zero attached hydrogens (tertiary/aromatic N) is 3. The average Bonchev–Trinajstić information content (AvgIpc) is 3.18. The number of guanidine groups is 1. The van der Waals surface area contributed by atoms with Crippen LogP contribution in [0.3, 0.4) is 0 Å². The highest BCUT2D eigenvalue weighted by Gasteiger charge is 2.28. The number of Topliss-reactive ketones (excluding diaryl/α,β-unsaturated/α-hetero) is 1. The fourth-order valence-corrected chi connectivity index (χ4v) is 3.41. The predicted molar refractivity (Wildman–Crippen MR) is 124 cm³/mol. The minimum atomic E-state index is 0.197. The monoisotopic (exact) mass is 403 g/mol. The maximum atomic E-state index is 11.7. The van der Waals surface area contributed by atoms with Gasteiger partial charge in [-0.1, -0.05) is 47.1 Å². The standard InChI is InChI=1S/C23H41N5O/c1-16(2)15-21(24-7)26-23(25-8)27-22(19(6)17(3)4)28(14-13-18(5)29)20-11-9-10-12-20/h15-17,20,24H,6,9-14H2,1-5,7-8H3,(H,25,26)/b21-15+,27-22+. The first-order valence-electron chi connectivity index (χ1n) is 10.9. The summed E-state index contributed by atoms with van der Waals surface area (Å²) < 4.78 is 0. The zero-order valence-electron chi connectivity index (χ0n) is 19.5. The molecule has 6 nitrogen and oxygen atoms in total. The highest BCUT2D eigenvalue weighted by Crippen LogP contribution is 2.27. The number of hydrogen-bond acceptors (Lipinski definition) is 3. The number of carbonyl (C=O) groups excluding carboxylic acids is 1. The molecule has 0 atom stereocenters. The van der Waals surface area contributed by atoms with Gasteiger partial charge >= 0.3 is 0 Å². The van der Waals surface area contributed by atoms with E-state index in [4.69, 9.17) is 4.99 Å². The van der Waals surface area contributed by atoms with Crippen LogP contribution in [0.2, 0.25) is 0 Å². The van der Waals surface area contributed by atoms with Gasteiger partial charge in [-0.2, -0.15) is 4.99 Å². The third-order valence-electron chi connectivity index (χ3n) is 5.17. The lowest BCUT2D eigenvalue weighted by Gasteiger charge is -2.34. The largest absolute Gasteiger partial charge is 0.375 e. The second-order valence-electron chi connectivity index (χ2n) is 8.45. The van der Waals surface area contributed by atoms with Crippen molar-refractivity contribution in [3.8, 4) is 0 Å². The van der Waals surface area contributed by atoms with E-state index < -0.39 is 0 Å². The molecule has 0 aromatic rings. The molecule has 29 heavy (non-hydrogen) atoms. The van der Waals surface area contributed by atoms with Crippen molar-refractivity contribution in [1.29, 1.82) is 0 Å². The van der Waals surface area contributed by atoms with Gasteiger partial charge in [0, 0.05) is 33.1 Å². The topological polar surface area (TPSA) is 69.1 Å². The maximum absolute atomic E-state index is 11.7. The number of allylic oxidation sites excluding steroid dienone is 1. The Morgan fingerprint density at radius 1 is 1.24 bits per heavy atom. The summed E-state index contributed by atoms with van der Waals surface area (Å²) in [6, 6.07) is 0.400. The molecule has 164 valence electrons. The number of amidine groups is 1. The molecule has 0 radical (unpaired) electrons. The zero-order chi connectivity index (χ0) is 22.0. The van der Waals surface area contributed by atoms with Gasteiger partial charge in [-0.3, -0.25) is 9.79 Å². The SMILES string of the molecule is C=C(/C(=N\C(=NC)N/C(=C/C(C)C)NC)N(CCC(C)=O)C1CCCC1)C(C)C. The third kappa shape index (κ3) is 8.42. The summed E-state index contributed by atoms with van der Waals surface area (Å²) in [6.45, 7) is 15.2. The van der Waals surface area contributed by atoms with Crippen LogP contribution in [0.15, 0.2) is 34.0 Å². The smallest absolute Gasteiger partial charge is 0.225 e. The summed E-state index contributed by atoms with van der Waals surface area (Å²) in [5, 5.41) is 6.46. The molecule has 0 unspecified atom stereocenters. The number of hydrogen-bond donors (Lipinski definition) is 2. The summed E-state index contributed by atoms with van der Waals surface area (Å²) in [4.78, 5) is 23.3. The van der Waals surface area contributed by atoms with Crippen molar-refractivity contribution >= 4 is 17.6 Å². The van der Waals surface area contributed by atoms with Crippen molar-refractivity contribution in [1.82, 2.24) is 15.5 Å². The quantitative estimate of drug-likeness (QED) is 0.449. The Labute approximate surface area is 177 Å². The molecule has 6 heteroatoms. The van der Waals surface area contributed by atoms with Crippen molar-refractivity contribution in [3.63, 3.8) is 0 Å². The van der Waals surface area contributed by atoms with Crippen molar-refractivity contribution < 1.29 is 4.79 Å². The lowest BCUT2D eigenvalue weighted by atomic mass is 10.0. The molecule has 1 aliphatic carbocycles. The molecule has 0 spiro atoms. The first-order valence-corrected chi connectivity index (χ1v) is 10.9. The summed E-state index contributed by atoms with van der Waals surface area (Å²) in [7, 11) is 3.61. The highest BCUT2D eigenvalue weighted by molar-refractivity contribution is 6.05. The van der Waals surface area contributed by atoms with Gasteiger partial charge in [0.05, 0.1) is 0 Å². The van der Waals surface area contributed by atoms with Crippen LogP contribution in [0.4, 0.5) is 0 Å². The Morgan fingerprint density at radius 2 is 1.86 bits per heavy atom. The minimum absolute atomic E-state index is 0.197. The molecule has 2 N–H and O–H groups in total. The number of ketones is 1. The van der Waals surface area contributed by atoms with Crippen LogP contribution in [0.25, 0.3) is 0 Å². The predicted octanol–water partition coefficient (Wildman–Crippen LogP) is 4.11. The van der Waals surface area contributed by atoms with Crippen molar-refractivity contribution in [2.75, 3.05) is 20.6 Å². The maximum Gasteiger partial charge on any atom is 0.225 e. The molecule has 1 saturated carbocycles. The van der Waals surface area contributed by atoms with Gasteiger partial charge in [-0.15, -0.1) is 0 Å². The second-order valence-corrected chi connectivity index (χ2v) is 8.45. The Kier molecular flexibility index (Phi) is 10.7. The Bertz CT molecular complexity index is 640. The highest BCUT2D eigenvalue weighted by atomic mass is 16.1. The molecule has 0 amide bonds. The normalized spacial score (nSPS) is 16.5. The molecule has 0 saturated heterocycles. The van der Waals surface area contributed by atoms with Crippen LogP contribution < -0.4 is 10.6 Å². The van der Waals surface area contributed by atoms with Crippen molar-refractivity contribution in [2.24, 2.45) is 21.8 Å². The van der Waals surface area contributed by atoms with E-state index in [0.29, 0.717) is 30.9 Å². The van der Waals surface area contributed by atoms with Crippen LogP contribution in [-0.4, -0.2) is 49.2 Å². The van der Waals surface area contributed by atoms with Gasteiger partial charge in [-0.25, -0.2) is 0 Å². The van der Waals surface area contributed by atoms with Gasteiger partial charge in [0.15, 0.2) is 0 Å². The fourth-order valence-electron chi connectivity index (χ4n) is 3.41. The van der Waals surface area contributed by atoms with Gasteiger partial charge in [0.1, 0.15) is 17.4 Å². The molecule has 1 rings (SSSR count). The number of aliphatic imine (C=N–C) groups is 2. The van der Waals surface area contributed by atoms with Crippen LogP contribution in [0.5, 0.6) is 0 Å². The Balaban J connectivity index is 3.30.